The monoisotopic (exact) mass is 335 g/mol. The van der Waals surface area contributed by atoms with Gasteiger partial charge >= 0.3 is 0 Å². The van der Waals surface area contributed by atoms with Crippen molar-refractivity contribution in [1.29, 1.82) is 0 Å². The van der Waals surface area contributed by atoms with Gasteiger partial charge in [0.05, 0.1) is 31.1 Å². The number of hydrogen-bond acceptors (Lipinski definition) is 4. The summed E-state index contributed by atoms with van der Waals surface area (Å²) in [4.78, 5) is 0. The fraction of sp³-hybridized carbons (Fsp3) is 0.250. The largest absolute Gasteiger partial charge is 0.497 e. The maximum absolute atomic E-state index is 10.4. The van der Waals surface area contributed by atoms with E-state index in [1.54, 1.807) is 7.11 Å². The summed E-state index contributed by atoms with van der Waals surface area (Å²) < 4.78 is 5.21. The number of benzene rings is 2. The summed E-state index contributed by atoms with van der Waals surface area (Å²) in [6.45, 7) is 0.633. The Morgan fingerprint density at radius 2 is 2.00 bits per heavy atom. The fourth-order valence-electron chi connectivity index (χ4n) is 3.49. The van der Waals surface area contributed by atoms with E-state index >= 15 is 0 Å². The van der Waals surface area contributed by atoms with Crippen molar-refractivity contribution < 1.29 is 9.84 Å². The minimum absolute atomic E-state index is 0.0465. The van der Waals surface area contributed by atoms with Crippen LogP contribution in [-0.4, -0.2) is 28.5 Å². The summed E-state index contributed by atoms with van der Waals surface area (Å²) >= 11 is 0. The molecular formula is C20H21N3O2. The predicted molar refractivity (Wildman–Crippen MR) is 96.3 cm³/mol. The number of rotatable bonds is 5. The molecule has 5 nitrogen and oxygen atoms in total. The average molecular weight is 335 g/mol. The van der Waals surface area contributed by atoms with Crippen LogP contribution in [0, 0.1) is 0 Å². The highest BCUT2D eigenvalue weighted by Gasteiger charge is 2.30. The third-order valence-electron chi connectivity index (χ3n) is 4.81. The number of H-pyrrole nitrogens is 1. The van der Waals surface area contributed by atoms with Crippen LogP contribution in [0.15, 0.2) is 54.7 Å². The second-order valence-corrected chi connectivity index (χ2v) is 6.33. The first kappa shape index (κ1) is 15.9. The molecule has 1 aliphatic rings. The second kappa shape index (κ2) is 6.70. The maximum Gasteiger partial charge on any atom is 0.118 e. The molecule has 0 aliphatic heterocycles. The molecule has 0 radical (unpaired) electrons. The van der Waals surface area contributed by atoms with E-state index in [1.165, 1.54) is 11.1 Å². The van der Waals surface area contributed by atoms with Gasteiger partial charge in [-0.25, -0.2) is 0 Å². The molecular weight excluding hydrogens is 314 g/mol. The summed E-state index contributed by atoms with van der Waals surface area (Å²) in [7, 11) is 1.66. The number of fused-ring (bicyclic) bond motifs is 1. The molecule has 0 fully saturated rings. The van der Waals surface area contributed by atoms with Crippen molar-refractivity contribution in [3.8, 4) is 17.0 Å². The van der Waals surface area contributed by atoms with E-state index in [2.05, 4.69) is 27.6 Å². The quantitative estimate of drug-likeness (QED) is 0.670. The van der Waals surface area contributed by atoms with Gasteiger partial charge in [-0.3, -0.25) is 5.10 Å². The zero-order chi connectivity index (χ0) is 17.2. The van der Waals surface area contributed by atoms with Gasteiger partial charge in [0, 0.05) is 24.1 Å². The van der Waals surface area contributed by atoms with Gasteiger partial charge in [-0.05, 0) is 35.4 Å². The molecule has 1 aliphatic carbocycles. The molecule has 5 heteroatoms. The lowest BCUT2D eigenvalue weighted by molar-refractivity contribution is 0.140. The number of aromatic amines is 1. The predicted octanol–water partition coefficient (Wildman–Crippen LogP) is 2.83. The van der Waals surface area contributed by atoms with E-state index in [4.69, 9.17) is 4.74 Å². The van der Waals surface area contributed by atoms with Gasteiger partial charge in [-0.1, -0.05) is 24.3 Å². The van der Waals surface area contributed by atoms with E-state index in [0.717, 1.165) is 22.6 Å². The van der Waals surface area contributed by atoms with Crippen LogP contribution in [-0.2, 0) is 13.0 Å². The number of nitrogens with zero attached hydrogens (tertiary/aromatic N) is 1. The Morgan fingerprint density at radius 1 is 1.20 bits per heavy atom. The standard InChI is InChI=1S/C20H21N3O2/c1-25-16-8-6-13(7-9-16)19-15(12-22-23-19)11-21-20-17-5-3-2-4-14(17)10-18(20)24/h2-9,12,18,20-21,24H,10-11H2,1H3,(H,22,23)/t18-,20+/m0/s1. The van der Waals surface area contributed by atoms with Gasteiger partial charge < -0.3 is 15.2 Å². The topological polar surface area (TPSA) is 70.2 Å². The minimum atomic E-state index is -0.395. The molecule has 2 aromatic carbocycles. The average Bonchev–Trinajstić information content (AvgIpc) is 3.23. The maximum atomic E-state index is 10.4. The van der Waals surface area contributed by atoms with Crippen LogP contribution in [0.3, 0.4) is 0 Å². The first-order chi connectivity index (χ1) is 12.3. The van der Waals surface area contributed by atoms with Crippen molar-refractivity contribution in [2.45, 2.75) is 25.1 Å². The highest BCUT2D eigenvalue weighted by molar-refractivity contribution is 5.63. The molecule has 0 unspecified atom stereocenters. The van der Waals surface area contributed by atoms with Gasteiger partial charge in [0.2, 0.25) is 0 Å². The second-order valence-electron chi connectivity index (χ2n) is 6.33. The Labute approximate surface area is 146 Å². The molecule has 2 atom stereocenters. The third kappa shape index (κ3) is 3.04. The highest BCUT2D eigenvalue weighted by Crippen LogP contribution is 2.32. The van der Waals surface area contributed by atoms with E-state index in [9.17, 15) is 5.11 Å². The van der Waals surface area contributed by atoms with Crippen LogP contribution in [0.5, 0.6) is 5.75 Å². The molecule has 128 valence electrons. The zero-order valence-electron chi connectivity index (χ0n) is 14.1. The van der Waals surface area contributed by atoms with Gasteiger partial charge in [0.15, 0.2) is 0 Å². The summed E-state index contributed by atoms with van der Waals surface area (Å²) in [5, 5.41) is 21.1. The van der Waals surface area contributed by atoms with Crippen molar-refractivity contribution in [1.82, 2.24) is 15.5 Å². The molecule has 25 heavy (non-hydrogen) atoms. The molecule has 0 spiro atoms. The van der Waals surface area contributed by atoms with Crippen LogP contribution < -0.4 is 10.1 Å². The number of hydrogen-bond donors (Lipinski definition) is 3. The first-order valence-electron chi connectivity index (χ1n) is 8.42. The summed E-state index contributed by atoms with van der Waals surface area (Å²) in [6.07, 6.45) is 2.14. The molecule has 1 heterocycles. The van der Waals surface area contributed by atoms with Gasteiger partial charge in [-0.15, -0.1) is 0 Å². The number of aliphatic hydroxyl groups is 1. The summed E-state index contributed by atoms with van der Waals surface area (Å²) in [6, 6.07) is 16.1. The number of aromatic nitrogens is 2. The molecule has 4 rings (SSSR count). The molecule has 0 bridgehead atoms. The summed E-state index contributed by atoms with van der Waals surface area (Å²) in [5.74, 6) is 0.827. The van der Waals surface area contributed by atoms with Crippen LogP contribution in [0.4, 0.5) is 0 Å². The highest BCUT2D eigenvalue weighted by atomic mass is 16.5. The van der Waals surface area contributed by atoms with E-state index < -0.39 is 6.10 Å². The lowest BCUT2D eigenvalue weighted by Crippen LogP contribution is -2.28. The van der Waals surface area contributed by atoms with E-state index in [-0.39, 0.29) is 6.04 Å². The lowest BCUT2D eigenvalue weighted by Gasteiger charge is -2.18. The smallest absolute Gasteiger partial charge is 0.118 e. The Kier molecular flexibility index (Phi) is 4.26. The molecule has 0 saturated carbocycles. The van der Waals surface area contributed by atoms with Crippen molar-refractivity contribution >= 4 is 0 Å². The molecule has 1 aromatic heterocycles. The Balaban J connectivity index is 1.52. The van der Waals surface area contributed by atoms with Crippen LogP contribution in [0.25, 0.3) is 11.3 Å². The van der Waals surface area contributed by atoms with Crippen molar-refractivity contribution in [2.75, 3.05) is 7.11 Å². The van der Waals surface area contributed by atoms with Gasteiger partial charge in [0.1, 0.15) is 5.75 Å². The first-order valence-corrected chi connectivity index (χ1v) is 8.42. The number of methoxy groups -OCH3 is 1. The zero-order valence-corrected chi connectivity index (χ0v) is 14.1. The normalized spacial score (nSPS) is 19.0. The SMILES string of the molecule is COc1ccc(-c2[nH]ncc2CN[C@@H]2c3ccccc3C[C@@H]2O)cc1. The van der Waals surface area contributed by atoms with Crippen molar-refractivity contribution in [3.05, 3.63) is 71.4 Å². The van der Waals surface area contributed by atoms with Crippen molar-refractivity contribution in [2.24, 2.45) is 0 Å². The van der Waals surface area contributed by atoms with Crippen molar-refractivity contribution in [3.63, 3.8) is 0 Å². The number of ether oxygens (including phenoxy) is 1. The van der Waals surface area contributed by atoms with Gasteiger partial charge in [-0.2, -0.15) is 5.10 Å². The molecule has 0 saturated heterocycles. The number of nitrogens with one attached hydrogen (secondary N) is 2. The Bertz CT molecular complexity index is 857. The minimum Gasteiger partial charge on any atom is -0.497 e. The molecule has 3 N–H and O–H groups in total. The van der Waals surface area contributed by atoms with Crippen LogP contribution in [0.2, 0.25) is 0 Å². The van der Waals surface area contributed by atoms with E-state index in [0.29, 0.717) is 13.0 Å². The van der Waals surface area contributed by atoms with Crippen LogP contribution >= 0.6 is 0 Å². The van der Waals surface area contributed by atoms with Gasteiger partial charge in [0.25, 0.3) is 0 Å². The van der Waals surface area contributed by atoms with Crippen LogP contribution in [0.1, 0.15) is 22.7 Å². The fourth-order valence-corrected chi connectivity index (χ4v) is 3.49. The molecule has 3 aromatic rings. The third-order valence-corrected chi connectivity index (χ3v) is 4.81. The Hall–Kier alpha value is -2.63. The van der Waals surface area contributed by atoms with E-state index in [1.807, 2.05) is 42.6 Å². The molecule has 0 amide bonds. The lowest BCUT2D eigenvalue weighted by atomic mass is 10.1. The summed E-state index contributed by atoms with van der Waals surface area (Å²) in [5.41, 5.74) is 5.51. The number of aliphatic hydroxyl groups excluding tert-OH is 1. The Morgan fingerprint density at radius 3 is 2.80 bits per heavy atom.